The Morgan fingerprint density at radius 1 is 1.29 bits per heavy atom. The number of nitrogens with one attached hydrogen (secondary N) is 1. The predicted octanol–water partition coefficient (Wildman–Crippen LogP) is 4.01. The number of hydrogen-bond donors (Lipinski definition) is 1. The zero-order chi connectivity index (χ0) is 12.3. The minimum atomic E-state index is 0.627. The van der Waals surface area contributed by atoms with E-state index in [0.29, 0.717) is 5.92 Å². The molecule has 1 nitrogen and oxygen atoms in total. The summed E-state index contributed by atoms with van der Waals surface area (Å²) in [7, 11) is 0. The molecule has 94 valence electrons. The first-order valence-corrected chi connectivity index (χ1v) is 7.05. The fourth-order valence-corrected chi connectivity index (χ4v) is 2.36. The van der Waals surface area contributed by atoms with Crippen LogP contribution in [0.5, 0.6) is 0 Å². The number of rotatable bonds is 6. The van der Waals surface area contributed by atoms with Gasteiger partial charge in [0.05, 0.1) is 0 Å². The molecule has 0 unspecified atom stereocenters. The molecule has 1 heteroatoms. The second-order valence-electron chi connectivity index (χ2n) is 5.59. The zero-order valence-corrected chi connectivity index (χ0v) is 11.4. The molecule has 0 spiro atoms. The molecule has 0 saturated heterocycles. The summed E-state index contributed by atoms with van der Waals surface area (Å²) < 4.78 is 0. The van der Waals surface area contributed by atoms with Crippen molar-refractivity contribution in [1.82, 2.24) is 5.32 Å². The third-order valence-electron chi connectivity index (χ3n) is 3.53. The summed E-state index contributed by atoms with van der Waals surface area (Å²) in [4.78, 5) is 0. The Balaban J connectivity index is 2.12. The van der Waals surface area contributed by atoms with Crippen LogP contribution in [0, 0.1) is 0 Å². The molecule has 0 bridgehead atoms. The molecule has 0 heterocycles. The zero-order valence-electron chi connectivity index (χ0n) is 11.4. The van der Waals surface area contributed by atoms with Gasteiger partial charge in [0.25, 0.3) is 0 Å². The van der Waals surface area contributed by atoms with E-state index in [1.165, 1.54) is 42.4 Å². The Kier molecular flexibility index (Phi) is 4.22. The average Bonchev–Trinajstić information content (AvgIpc) is 3.10. The molecule has 0 radical (unpaired) electrons. The van der Waals surface area contributed by atoms with Crippen LogP contribution in [-0.4, -0.2) is 6.04 Å². The summed E-state index contributed by atoms with van der Waals surface area (Å²) >= 11 is 0. The van der Waals surface area contributed by atoms with E-state index in [9.17, 15) is 0 Å². The largest absolute Gasteiger partial charge is 0.310 e. The highest BCUT2D eigenvalue weighted by atomic mass is 14.9. The van der Waals surface area contributed by atoms with Gasteiger partial charge in [-0.3, -0.25) is 0 Å². The lowest BCUT2D eigenvalue weighted by molar-refractivity contribution is 0.675. The number of benzene rings is 1. The van der Waals surface area contributed by atoms with Crippen molar-refractivity contribution >= 4 is 0 Å². The van der Waals surface area contributed by atoms with Crippen molar-refractivity contribution < 1.29 is 0 Å². The molecule has 0 aliphatic heterocycles. The van der Waals surface area contributed by atoms with Crippen molar-refractivity contribution in [1.29, 1.82) is 0 Å². The van der Waals surface area contributed by atoms with Crippen LogP contribution in [0.25, 0.3) is 0 Å². The lowest BCUT2D eigenvalue weighted by atomic mass is 9.94. The van der Waals surface area contributed by atoms with Gasteiger partial charge in [0.1, 0.15) is 0 Å². The van der Waals surface area contributed by atoms with Crippen LogP contribution in [0.2, 0.25) is 0 Å². The highest BCUT2D eigenvalue weighted by molar-refractivity contribution is 5.34. The fraction of sp³-hybridized carbons (Fsp3) is 0.625. The lowest BCUT2D eigenvalue weighted by Gasteiger charge is -2.15. The maximum absolute atomic E-state index is 3.64. The van der Waals surface area contributed by atoms with Crippen LogP contribution in [0.1, 0.15) is 62.6 Å². The van der Waals surface area contributed by atoms with E-state index >= 15 is 0 Å². The van der Waals surface area contributed by atoms with Crippen LogP contribution in [0.15, 0.2) is 18.2 Å². The molecule has 0 atom stereocenters. The van der Waals surface area contributed by atoms with E-state index in [1.807, 2.05) is 0 Å². The molecule has 1 aromatic rings. The van der Waals surface area contributed by atoms with Gasteiger partial charge in [-0.05, 0) is 41.9 Å². The van der Waals surface area contributed by atoms with Crippen LogP contribution >= 0.6 is 0 Å². The van der Waals surface area contributed by atoms with Crippen molar-refractivity contribution in [2.45, 2.75) is 65.0 Å². The topological polar surface area (TPSA) is 12.0 Å². The van der Waals surface area contributed by atoms with Crippen molar-refractivity contribution in [2.75, 3.05) is 0 Å². The summed E-state index contributed by atoms with van der Waals surface area (Å²) in [5.41, 5.74) is 4.51. The van der Waals surface area contributed by atoms with Gasteiger partial charge in [-0.25, -0.2) is 0 Å². The SMILES string of the molecule is CCCc1ccc(C(C)C)c(CNC2CC2)c1. The fourth-order valence-electron chi connectivity index (χ4n) is 2.36. The first-order valence-electron chi connectivity index (χ1n) is 7.05. The van der Waals surface area contributed by atoms with E-state index < -0.39 is 0 Å². The van der Waals surface area contributed by atoms with Gasteiger partial charge in [-0.1, -0.05) is 45.4 Å². The Labute approximate surface area is 106 Å². The molecule has 1 aromatic carbocycles. The van der Waals surface area contributed by atoms with Gasteiger partial charge >= 0.3 is 0 Å². The molecule has 1 aliphatic carbocycles. The van der Waals surface area contributed by atoms with Crippen LogP contribution < -0.4 is 5.32 Å². The Hall–Kier alpha value is -0.820. The Morgan fingerprint density at radius 3 is 2.65 bits per heavy atom. The third-order valence-corrected chi connectivity index (χ3v) is 3.53. The van der Waals surface area contributed by atoms with E-state index in [1.54, 1.807) is 0 Å². The third kappa shape index (κ3) is 3.57. The molecule has 1 fully saturated rings. The van der Waals surface area contributed by atoms with E-state index in [4.69, 9.17) is 0 Å². The quantitative estimate of drug-likeness (QED) is 0.780. The first-order chi connectivity index (χ1) is 8.20. The normalized spacial score (nSPS) is 15.5. The second kappa shape index (κ2) is 5.68. The Bertz CT molecular complexity index is 364. The minimum Gasteiger partial charge on any atom is -0.310 e. The van der Waals surface area contributed by atoms with Crippen LogP contribution in [-0.2, 0) is 13.0 Å². The Morgan fingerprint density at radius 2 is 2.06 bits per heavy atom. The molecular weight excluding hydrogens is 206 g/mol. The predicted molar refractivity (Wildman–Crippen MR) is 74.4 cm³/mol. The van der Waals surface area contributed by atoms with Crippen LogP contribution in [0.3, 0.4) is 0 Å². The maximum Gasteiger partial charge on any atom is 0.0211 e. The van der Waals surface area contributed by atoms with Crippen molar-refractivity contribution in [3.8, 4) is 0 Å². The second-order valence-corrected chi connectivity index (χ2v) is 5.59. The standard InChI is InChI=1S/C16H25N/c1-4-5-13-6-9-16(12(2)3)14(10-13)11-17-15-7-8-15/h6,9-10,12,15,17H,4-5,7-8,11H2,1-3H3. The van der Waals surface area contributed by atoms with Crippen LogP contribution in [0.4, 0.5) is 0 Å². The molecule has 2 rings (SSSR count). The highest BCUT2D eigenvalue weighted by Crippen LogP contribution is 2.24. The van der Waals surface area contributed by atoms with Crippen molar-refractivity contribution in [3.63, 3.8) is 0 Å². The lowest BCUT2D eigenvalue weighted by Crippen LogP contribution is -2.17. The molecule has 1 N–H and O–H groups in total. The van der Waals surface area contributed by atoms with Gasteiger partial charge < -0.3 is 5.32 Å². The highest BCUT2D eigenvalue weighted by Gasteiger charge is 2.20. The number of aryl methyl sites for hydroxylation is 1. The molecular formula is C16H25N. The van der Waals surface area contributed by atoms with Gasteiger partial charge in [-0.15, -0.1) is 0 Å². The molecule has 1 aliphatic rings. The summed E-state index contributed by atoms with van der Waals surface area (Å²) in [5, 5.41) is 3.64. The van der Waals surface area contributed by atoms with Gasteiger partial charge in [0, 0.05) is 12.6 Å². The van der Waals surface area contributed by atoms with E-state index in [2.05, 4.69) is 44.3 Å². The average molecular weight is 231 g/mol. The number of hydrogen-bond acceptors (Lipinski definition) is 1. The van der Waals surface area contributed by atoms with Gasteiger partial charge in [-0.2, -0.15) is 0 Å². The molecule has 1 saturated carbocycles. The molecule has 0 aromatic heterocycles. The summed E-state index contributed by atoms with van der Waals surface area (Å²) in [6.07, 6.45) is 5.17. The van der Waals surface area contributed by atoms with E-state index in [-0.39, 0.29) is 0 Å². The summed E-state index contributed by atoms with van der Waals surface area (Å²) in [6, 6.07) is 7.85. The van der Waals surface area contributed by atoms with Gasteiger partial charge in [0.2, 0.25) is 0 Å². The maximum atomic E-state index is 3.64. The van der Waals surface area contributed by atoms with Crippen molar-refractivity contribution in [3.05, 3.63) is 34.9 Å². The van der Waals surface area contributed by atoms with Gasteiger partial charge in [0.15, 0.2) is 0 Å². The summed E-state index contributed by atoms with van der Waals surface area (Å²) in [5.74, 6) is 0.627. The monoisotopic (exact) mass is 231 g/mol. The van der Waals surface area contributed by atoms with Crippen molar-refractivity contribution in [2.24, 2.45) is 0 Å². The first kappa shape index (κ1) is 12.6. The summed E-state index contributed by atoms with van der Waals surface area (Å²) in [6.45, 7) is 7.87. The molecule has 0 amide bonds. The minimum absolute atomic E-state index is 0.627. The molecule has 17 heavy (non-hydrogen) atoms. The van der Waals surface area contributed by atoms with E-state index in [0.717, 1.165) is 12.6 Å². The smallest absolute Gasteiger partial charge is 0.0211 e.